The number of methoxy groups -OCH3 is 1. The number of esters is 1. The number of aryl methyl sites for hydroxylation is 2. The van der Waals surface area contributed by atoms with Gasteiger partial charge in [0.25, 0.3) is 5.91 Å². The quantitative estimate of drug-likeness (QED) is 0.794. The Morgan fingerprint density at radius 2 is 2.00 bits per heavy atom. The van der Waals surface area contributed by atoms with Gasteiger partial charge in [-0.2, -0.15) is 0 Å². The number of thiophene rings is 1. The SMILES string of the molecule is CCc1cc(C(=O)Nc2ccc(N3CCOCC3)cc2C(=O)OC)sc1C. The van der Waals surface area contributed by atoms with Gasteiger partial charge >= 0.3 is 5.97 Å². The maximum atomic E-state index is 12.7. The normalized spacial score (nSPS) is 14.1. The van der Waals surface area contributed by atoms with E-state index in [9.17, 15) is 9.59 Å². The molecule has 0 radical (unpaired) electrons. The fourth-order valence-electron chi connectivity index (χ4n) is 3.10. The molecule has 6 nitrogen and oxygen atoms in total. The molecular weight excluding hydrogens is 364 g/mol. The predicted octanol–water partition coefficient (Wildman–Crippen LogP) is 3.49. The van der Waals surface area contributed by atoms with Gasteiger partial charge in [-0.1, -0.05) is 6.92 Å². The smallest absolute Gasteiger partial charge is 0.340 e. The van der Waals surface area contributed by atoms with Crippen LogP contribution in [0.2, 0.25) is 0 Å². The van der Waals surface area contributed by atoms with E-state index in [-0.39, 0.29) is 5.91 Å². The summed E-state index contributed by atoms with van der Waals surface area (Å²) in [6.45, 7) is 6.92. The van der Waals surface area contributed by atoms with Gasteiger partial charge in [-0.15, -0.1) is 11.3 Å². The first-order valence-corrected chi connectivity index (χ1v) is 9.80. The molecule has 1 aliphatic rings. The highest BCUT2D eigenvalue weighted by Crippen LogP contribution is 2.27. The van der Waals surface area contributed by atoms with E-state index in [0.29, 0.717) is 29.3 Å². The number of nitrogens with one attached hydrogen (secondary N) is 1. The number of nitrogens with zero attached hydrogens (tertiary/aromatic N) is 1. The summed E-state index contributed by atoms with van der Waals surface area (Å²) in [5.41, 5.74) is 2.88. The maximum absolute atomic E-state index is 12.7. The number of carbonyl (C=O) groups is 2. The minimum absolute atomic E-state index is 0.216. The van der Waals surface area contributed by atoms with Crippen molar-refractivity contribution in [3.8, 4) is 0 Å². The van der Waals surface area contributed by atoms with Crippen LogP contribution in [0.15, 0.2) is 24.3 Å². The van der Waals surface area contributed by atoms with E-state index in [1.165, 1.54) is 24.0 Å². The Labute approximate surface area is 163 Å². The lowest BCUT2D eigenvalue weighted by molar-refractivity contribution is 0.0602. The van der Waals surface area contributed by atoms with Gasteiger partial charge < -0.3 is 19.7 Å². The zero-order valence-electron chi connectivity index (χ0n) is 15.8. The molecule has 144 valence electrons. The minimum atomic E-state index is -0.475. The Morgan fingerprint density at radius 3 is 2.63 bits per heavy atom. The van der Waals surface area contributed by atoms with Gasteiger partial charge in [-0.05, 0) is 43.2 Å². The molecule has 1 aromatic carbocycles. The number of ether oxygens (including phenoxy) is 2. The second kappa shape index (κ2) is 8.54. The molecule has 7 heteroatoms. The lowest BCUT2D eigenvalue weighted by Crippen LogP contribution is -2.36. The van der Waals surface area contributed by atoms with Crippen LogP contribution in [0.25, 0.3) is 0 Å². The van der Waals surface area contributed by atoms with Crippen LogP contribution < -0.4 is 10.2 Å². The Bertz CT molecular complexity index is 841. The highest BCUT2D eigenvalue weighted by atomic mass is 32.1. The molecule has 2 heterocycles. The van der Waals surface area contributed by atoms with E-state index in [4.69, 9.17) is 9.47 Å². The first kappa shape index (κ1) is 19.4. The molecule has 2 aromatic rings. The van der Waals surface area contributed by atoms with Crippen molar-refractivity contribution in [3.63, 3.8) is 0 Å². The third kappa shape index (κ3) is 4.31. The monoisotopic (exact) mass is 388 g/mol. The van der Waals surface area contributed by atoms with E-state index in [0.717, 1.165) is 30.1 Å². The van der Waals surface area contributed by atoms with Crippen LogP contribution in [0.5, 0.6) is 0 Å². The lowest BCUT2D eigenvalue weighted by atomic mass is 10.1. The molecule has 0 unspecified atom stereocenters. The fourth-order valence-corrected chi connectivity index (χ4v) is 4.11. The number of morpholine rings is 1. The van der Waals surface area contributed by atoms with Gasteiger partial charge in [-0.3, -0.25) is 4.79 Å². The number of amides is 1. The highest BCUT2D eigenvalue weighted by Gasteiger charge is 2.20. The Hall–Kier alpha value is -2.38. The van der Waals surface area contributed by atoms with E-state index >= 15 is 0 Å². The molecule has 0 bridgehead atoms. The molecule has 1 aliphatic heterocycles. The Morgan fingerprint density at radius 1 is 1.26 bits per heavy atom. The van der Waals surface area contributed by atoms with E-state index in [1.54, 1.807) is 12.1 Å². The molecule has 0 spiro atoms. The van der Waals surface area contributed by atoms with Gasteiger partial charge in [0.2, 0.25) is 0 Å². The van der Waals surface area contributed by atoms with Gasteiger partial charge in [0.15, 0.2) is 0 Å². The first-order valence-electron chi connectivity index (χ1n) is 8.99. The summed E-state index contributed by atoms with van der Waals surface area (Å²) < 4.78 is 10.3. The molecule has 27 heavy (non-hydrogen) atoms. The van der Waals surface area contributed by atoms with Crippen LogP contribution in [0.4, 0.5) is 11.4 Å². The molecule has 1 N–H and O–H groups in total. The highest BCUT2D eigenvalue weighted by molar-refractivity contribution is 7.14. The predicted molar refractivity (Wildman–Crippen MR) is 107 cm³/mol. The molecule has 0 atom stereocenters. The standard InChI is InChI=1S/C20H24N2O4S/c1-4-14-11-18(27-13(14)2)19(23)21-17-6-5-15(12-16(17)20(24)25-3)22-7-9-26-10-8-22/h5-6,11-12H,4,7-10H2,1-3H3,(H,21,23). The average Bonchev–Trinajstić information content (AvgIpc) is 3.09. The summed E-state index contributed by atoms with van der Waals surface area (Å²) in [7, 11) is 1.34. The van der Waals surface area contributed by atoms with Crippen molar-refractivity contribution in [3.05, 3.63) is 45.1 Å². The van der Waals surface area contributed by atoms with Crippen molar-refractivity contribution in [2.45, 2.75) is 20.3 Å². The van der Waals surface area contributed by atoms with Gasteiger partial charge in [0.1, 0.15) is 0 Å². The first-order chi connectivity index (χ1) is 13.0. The third-order valence-corrected chi connectivity index (χ3v) is 5.75. The average molecular weight is 388 g/mol. The number of benzene rings is 1. The van der Waals surface area contributed by atoms with Crippen LogP contribution in [-0.2, 0) is 15.9 Å². The second-order valence-corrected chi connectivity index (χ2v) is 7.58. The van der Waals surface area contributed by atoms with Crippen molar-refractivity contribution < 1.29 is 19.1 Å². The van der Waals surface area contributed by atoms with Crippen molar-refractivity contribution in [1.82, 2.24) is 0 Å². The summed E-state index contributed by atoms with van der Waals surface area (Å²) in [5.74, 6) is -0.691. The molecule has 1 fully saturated rings. The molecule has 3 rings (SSSR count). The van der Waals surface area contributed by atoms with Crippen molar-refractivity contribution >= 4 is 34.6 Å². The van der Waals surface area contributed by atoms with Crippen LogP contribution in [0, 0.1) is 6.92 Å². The molecule has 0 saturated carbocycles. The molecular formula is C20H24N2O4S. The van der Waals surface area contributed by atoms with Crippen LogP contribution >= 0.6 is 11.3 Å². The Balaban J connectivity index is 1.86. The summed E-state index contributed by atoms with van der Waals surface area (Å²) in [6, 6.07) is 7.35. The lowest BCUT2D eigenvalue weighted by Gasteiger charge is -2.29. The number of hydrogen-bond acceptors (Lipinski definition) is 6. The van der Waals surface area contributed by atoms with Crippen molar-refractivity contribution in [1.29, 1.82) is 0 Å². The molecule has 1 saturated heterocycles. The van der Waals surface area contributed by atoms with E-state index in [2.05, 4.69) is 17.1 Å². The summed E-state index contributed by atoms with van der Waals surface area (Å²) in [5, 5.41) is 2.86. The summed E-state index contributed by atoms with van der Waals surface area (Å²) >= 11 is 1.46. The molecule has 0 aliphatic carbocycles. The second-order valence-electron chi connectivity index (χ2n) is 6.32. The topological polar surface area (TPSA) is 67.9 Å². The van der Waals surface area contributed by atoms with Gasteiger partial charge in [0, 0.05) is 23.7 Å². The van der Waals surface area contributed by atoms with Gasteiger partial charge in [0.05, 0.1) is 36.5 Å². The van der Waals surface area contributed by atoms with Gasteiger partial charge in [-0.25, -0.2) is 4.79 Å². The number of hydrogen-bond donors (Lipinski definition) is 1. The van der Waals surface area contributed by atoms with Crippen LogP contribution in [0.1, 0.15) is 37.4 Å². The largest absolute Gasteiger partial charge is 0.465 e. The number of anilines is 2. The fraction of sp³-hybridized carbons (Fsp3) is 0.400. The molecule has 1 amide bonds. The molecule has 1 aromatic heterocycles. The number of rotatable bonds is 5. The summed E-state index contributed by atoms with van der Waals surface area (Å²) in [4.78, 5) is 28.9. The van der Waals surface area contributed by atoms with Crippen molar-refractivity contribution in [2.24, 2.45) is 0 Å². The zero-order valence-corrected chi connectivity index (χ0v) is 16.6. The zero-order chi connectivity index (χ0) is 19.4. The minimum Gasteiger partial charge on any atom is -0.465 e. The van der Waals surface area contributed by atoms with Crippen molar-refractivity contribution in [2.75, 3.05) is 43.6 Å². The Kier molecular flexibility index (Phi) is 6.13. The van der Waals surface area contributed by atoms with E-state index < -0.39 is 5.97 Å². The van der Waals surface area contributed by atoms with E-state index in [1.807, 2.05) is 19.1 Å². The number of carbonyl (C=O) groups excluding carboxylic acids is 2. The third-order valence-electron chi connectivity index (χ3n) is 4.66. The van der Waals surface area contributed by atoms with Crippen LogP contribution in [0.3, 0.4) is 0 Å². The summed E-state index contributed by atoms with van der Waals surface area (Å²) in [6.07, 6.45) is 0.886. The van der Waals surface area contributed by atoms with Crippen LogP contribution in [-0.4, -0.2) is 45.3 Å². The maximum Gasteiger partial charge on any atom is 0.340 e.